The second-order valence-corrected chi connectivity index (χ2v) is 5.56. The smallest absolute Gasteiger partial charge is 0.202 e. The molecule has 18 heavy (non-hydrogen) atoms. The Labute approximate surface area is 107 Å². The summed E-state index contributed by atoms with van der Waals surface area (Å²) < 4.78 is 2.10. The molecule has 4 heteroatoms. The Morgan fingerprint density at radius 3 is 2.83 bits per heavy atom. The highest BCUT2D eigenvalue weighted by Gasteiger charge is 2.36. The van der Waals surface area contributed by atoms with Gasteiger partial charge in [-0.05, 0) is 43.2 Å². The number of nitrogens with zero attached hydrogens (tertiary/aromatic N) is 3. The molecule has 2 aromatic rings. The number of nitrogen functional groups attached to an aromatic ring is 1. The van der Waals surface area contributed by atoms with Gasteiger partial charge in [-0.3, -0.25) is 4.57 Å². The molecule has 1 aliphatic rings. The van der Waals surface area contributed by atoms with E-state index in [1.54, 1.807) is 0 Å². The maximum absolute atomic E-state index is 6.07. The predicted molar refractivity (Wildman–Crippen MR) is 73.3 cm³/mol. The lowest BCUT2D eigenvalue weighted by Gasteiger charge is -2.41. The minimum Gasteiger partial charge on any atom is -0.369 e. The molecule has 0 atom stereocenters. The normalized spacial score (nSPS) is 17.9. The second-order valence-electron chi connectivity index (χ2n) is 5.56. The van der Waals surface area contributed by atoms with Crippen molar-refractivity contribution in [3.8, 4) is 0 Å². The lowest BCUT2D eigenvalue weighted by Crippen LogP contribution is -2.33. The zero-order chi connectivity index (χ0) is 12.8. The molecular formula is C14H20N4. The molecule has 3 rings (SSSR count). The molecule has 0 radical (unpaired) electrons. The van der Waals surface area contributed by atoms with Crippen molar-refractivity contribution < 1.29 is 0 Å². The molecule has 2 heterocycles. The molecule has 96 valence electrons. The highest BCUT2D eigenvalue weighted by Crippen LogP contribution is 2.45. The van der Waals surface area contributed by atoms with Crippen LogP contribution in [0.2, 0.25) is 0 Å². The van der Waals surface area contributed by atoms with E-state index in [2.05, 4.69) is 28.4 Å². The fourth-order valence-corrected chi connectivity index (χ4v) is 2.95. The van der Waals surface area contributed by atoms with Gasteiger partial charge < -0.3 is 5.73 Å². The first-order valence-corrected chi connectivity index (χ1v) is 6.72. The number of hydrogen-bond donors (Lipinski definition) is 1. The summed E-state index contributed by atoms with van der Waals surface area (Å²) in [6.07, 6.45) is 6.99. The van der Waals surface area contributed by atoms with Gasteiger partial charge in [-0.2, -0.15) is 0 Å². The SMILES string of the molecule is CCC1(Cn2c(N)nc3c(C)ccnc32)CCC1. The Bertz CT molecular complexity index is 575. The first-order valence-electron chi connectivity index (χ1n) is 6.72. The van der Waals surface area contributed by atoms with Crippen molar-refractivity contribution >= 4 is 17.1 Å². The van der Waals surface area contributed by atoms with Crippen molar-refractivity contribution in [2.75, 3.05) is 5.73 Å². The van der Waals surface area contributed by atoms with Crippen molar-refractivity contribution in [2.45, 2.75) is 46.1 Å². The van der Waals surface area contributed by atoms with Crippen LogP contribution in [0.5, 0.6) is 0 Å². The fraction of sp³-hybridized carbons (Fsp3) is 0.571. The monoisotopic (exact) mass is 244 g/mol. The molecule has 4 nitrogen and oxygen atoms in total. The van der Waals surface area contributed by atoms with Crippen LogP contribution in [-0.2, 0) is 6.54 Å². The largest absolute Gasteiger partial charge is 0.369 e. The van der Waals surface area contributed by atoms with Crippen molar-refractivity contribution in [3.05, 3.63) is 17.8 Å². The van der Waals surface area contributed by atoms with E-state index >= 15 is 0 Å². The van der Waals surface area contributed by atoms with Crippen LogP contribution in [0, 0.1) is 12.3 Å². The molecule has 0 aliphatic heterocycles. The topological polar surface area (TPSA) is 56.7 Å². The molecule has 0 bridgehead atoms. The minimum absolute atomic E-state index is 0.424. The van der Waals surface area contributed by atoms with Gasteiger partial charge >= 0.3 is 0 Å². The van der Waals surface area contributed by atoms with Crippen LogP contribution in [0.4, 0.5) is 5.95 Å². The first kappa shape index (κ1) is 11.5. The van der Waals surface area contributed by atoms with Gasteiger partial charge in [0.1, 0.15) is 5.52 Å². The third-order valence-electron chi connectivity index (χ3n) is 4.52. The van der Waals surface area contributed by atoms with Crippen LogP contribution in [0.1, 0.15) is 38.2 Å². The van der Waals surface area contributed by atoms with Crippen molar-refractivity contribution in [1.82, 2.24) is 14.5 Å². The number of fused-ring (bicyclic) bond motifs is 1. The Morgan fingerprint density at radius 1 is 1.44 bits per heavy atom. The minimum atomic E-state index is 0.424. The summed E-state index contributed by atoms with van der Waals surface area (Å²) in [4.78, 5) is 8.93. The molecule has 1 aliphatic carbocycles. The lowest BCUT2D eigenvalue weighted by molar-refractivity contribution is 0.103. The first-order chi connectivity index (χ1) is 8.65. The number of rotatable bonds is 3. The van der Waals surface area contributed by atoms with Gasteiger partial charge in [0, 0.05) is 12.7 Å². The van der Waals surface area contributed by atoms with Crippen LogP contribution in [0.25, 0.3) is 11.2 Å². The molecule has 0 aromatic carbocycles. The van der Waals surface area contributed by atoms with Crippen LogP contribution in [0.15, 0.2) is 12.3 Å². The number of pyridine rings is 1. The zero-order valence-electron chi connectivity index (χ0n) is 11.1. The summed E-state index contributed by atoms with van der Waals surface area (Å²) >= 11 is 0. The van der Waals surface area contributed by atoms with Gasteiger partial charge in [0.2, 0.25) is 5.95 Å². The average molecular weight is 244 g/mol. The second kappa shape index (κ2) is 3.97. The van der Waals surface area contributed by atoms with E-state index < -0.39 is 0 Å². The van der Waals surface area contributed by atoms with E-state index in [1.165, 1.54) is 25.7 Å². The molecular weight excluding hydrogens is 224 g/mol. The van der Waals surface area contributed by atoms with E-state index in [0.29, 0.717) is 11.4 Å². The van der Waals surface area contributed by atoms with Gasteiger partial charge in [0.05, 0.1) is 0 Å². The Hall–Kier alpha value is -1.58. The maximum Gasteiger partial charge on any atom is 0.202 e. The number of aryl methyl sites for hydroxylation is 1. The number of anilines is 1. The van der Waals surface area contributed by atoms with Crippen molar-refractivity contribution in [1.29, 1.82) is 0 Å². The summed E-state index contributed by atoms with van der Waals surface area (Å²) in [6, 6.07) is 1.98. The fourth-order valence-electron chi connectivity index (χ4n) is 2.95. The maximum atomic E-state index is 6.07. The van der Waals surface area contributed by atoms with Crippen molar-refractivity contribution in [3.63, 3.8) is 0 Å². The van der Waals surface area contributed by atoms with Crippen LogP contribution >= 0.6 is 0 Å². The van der Waals surface area contributed by atoms with Gasteiger partial charge in [0.15, 0.2) is 5.65 Å². The third kappa shape index (κ3) is 1.59. The summed E-state index contributed by atoms with van der Waals surface area (Å²) in [5.74, 6) is 0.603. The quantitative estimate of drug-likeness (QED) is 0.903. The molecule has 1 fully saturated rings. The van der Waals surface area contributed by atoms with Crippen LogP contribution in [0.3, 0.4) is 0 Å². The standard InChI is InChI=1S/C14H20N4/c1-3-14(6-4-7-14)9-18-12-11(17-13(18)15)10(2)5-8-16-12/h5,8H,3-4,6-7,9H2,1-2H3,(H2,15,17). The van der Waals surface area contributed by atoms with Crippen LogP contribution < -0.4 is 5.73 Å². The van der Waals surface area contributed by atoms with E-state index in [0.717, 1.165) is 23.3 Å². The number of hydrogen-bond acceptors (Lipinski definition) is 3. The predicted octanol–water partition coefficient (Wildman–Crippen LogP) is 2.90. The van der Waals surface area contributed by atoms with Gasteiger partial charge in [-0.1, -0.05) is 13.3 Å². The number of aromatic nitrogens is 3. The summed E-state index contributed by atoms with van der Waals surface area (Å²) in [5, 5.41) is 0. The molecule has 0 saturated heterocycles. The lowest BCUT2D eigenvalue weighted by atomic mass is 9.67. The summed E-state index contributed by atoms with van der Waals surface area (Å²) in [7, 11) is 0. The summed E-state index contributed by atoms with van der Waals surface area (Å²) in [5.41, 5.74) is 9.52. The highest BCUT2D eigenvalue weighted by atomic mass is 15.2. The number of nitrogens with two attached hydrogens (primary N) is 1. The molecule has 0 unspecified atom stereocenters. The third-order valence-corrected chi connectivity index (χ3v) is 4.52. The van der Waals surface area contributed by atoms with Crippen LogP contribution in [-0.4, -0.2) is 14.5 Å². The Morgan fingerprint density at radius 2 is 2.22 bits per heavy atom. The summed E-state index contributed by atoms with van der Waals surface area (Å²) in [6.45, 7) is 5.29. The average Bonchev–Trinajstić information content (AvgIpc) is 2.62. The molecule has 2 aromatic heterocycles. The van der Waals surface area contributed by atoms with E-state index in [9.17, 15) is 0 Å². The zero-order valence-corrected chi connectivity index (χ0v) is 11.1. The van der Waals surface area contributed by atoms with Gasteiger partial charge in [0.25, 0.3) is 0 Å². The highest BCUT2D eigenvalue weighted by molar-refractivity contribution is 5.77. The molecule has 1 saturated carbocycles. The van der Waals surface area contributed by atoms with Gasteiger partial charge in [-0.25, -0.2) is 9.97 Å². The molecule has 0 amide bonds. The number of imidazole rings is 1. The molecule has 2 N–H and O–H groups in total. The Kier molecular flexibility index (Phi) is 2.54. The van der Waals surface area contributed by atoms with Crippen molar-refractivity contribution in [2.24, 2.45) is 5.41 Å². The molecule has 0 spiro atoms. The van der Waals surface area contributed by atoms with E-state index in [-0.39, 0.29) is 0 Å². The van der Waals surface area contributed by atoms with E-state index in [1.807, 2.05) is 12.3 Å². The van der Waals surface area contributed by atoms with Gasteiger partial charge in [-0.15, -0.1) is 0 Å². The van der Waals surface area contributed by atoms with E-state index in [4.69, 9.17) is 5.73 Å². The Balaban J connectivity index is 2.06.